The third-order valence-electron chi connectivity index (χ3n) is 5.39. The summed E-state index contributed by atoms with van der Waals surface area (Å²) in [6, 6.07) is 6.33. The van der Waals surface area contributed by atoms with Crippen molar-refractivity contribution in [2.75, 3.05) is 18.0 Å². The van der Waals surface area contributed by atoms with Crippen molar-refractivity contribution in [3.05, 3.63) is 46.7 Å². The molecule has 130 valence electrons. The van der Waals surface area contributed by atoms with E-state index in [-0.39, 0.29) is 0 Å². The zero-order valence-corrected chi connectivity index (χ0v) is 15.4. The minimum Gasteiger partial charge on any atom is -0.356 e. The maximum Gasteiger partial charge on any atom is 0.135 e. The highest BCUT2D eigenvalue weighted by atomic mass is 15.2. The molecule has 3 aromatic rings. The largest absolute Gasteiger partial charge is 0.356 e. The van der Waals surface area contributed by atoms with Crippen molar-refractivity contribution in [3.63, 3.8) is 0 Å². The van der Waals surface area contributed by atoms with Crippen molar-refractivity contribution >= 4 is 16.9 Å². The smallest absolute Gasteiger partial charge is 0.135 e. The SMILES string of the molecule is Cc1nc(C)c(C)c(N2CCC(c3nc4c(C)cccc4[nH]3)CC2)n1. The molecule has 2 aromatic heterocycles. The molecule has 0 amide bonds. The van der Waals surface area contributed by atoms with Crippen LogP contribution in [0.4, 0.5) is 5.82 Å². The van der Waals surface area contributed by atoms with Gasteiger partial charge < -0.3 is 9.88 Å². The quantitative estimate of drug-likeness (QED) is 0.770. The predicted molar refractivity (Wildman–Crippen MR) is 101 cm³/mol. The molecule has 0 spiro atoms. The number of piperidine rings is 1. The van der Waals surface area contributed by atoms with E-state index in [9.17, 15) is 0 Å². The number of anilines is 1. The third-order valence-corrected chi connectivity index (χ3v) is 5.39. The molecule has 0 radical (unpaired) electrons. The number of nitrogens with one attached hydrogen (secondary N) is 1. The zero-order chi connectivity index (χ0) is 17.6. The topological polar surface area (TPSA) is 57.7 Å². The average Bonchev–Trinajstić information content (AvgIpc) is 3.04. The Hall–Kier alpha value is -2.43. The fraction of sp³-hybridized carbons (Fsp3) is 0.450. The van der Waals surface area contributed by atoms with Gasteiger partial charge in [-0.05, 0) is 52.2 Å². The summed E-state index contributed by atoms with van der Waals surface area (Å²) >= 11 is 0. The second kappa shape index (κ2) is 6.14. The molecule has 0 unspecified atom stereocenters. The maximum absolute atomic E-state index is 4.88. The number of nitrogens with zero attached hydrogens (tertiary/aromatic N) is 4. The molecule has 0 bridgehead atoms. The lowest BCUT2D eigenvalue weighted by atomic mass is 9.96. The predicted octanol–water partition coefficient (Wildman–Crippen LogP) is 3.97. The Bertz CT molecular complexity index is 919. The van der Waals surface area contributed by atoms with Crippen LogP contribution in [0.1, 0.15) is 47.2 Å². The number of fused-ring (bicyclic) bond motifs is 1. The molecule has 5 heteroatoms. The van der Waals surface area contributed by atoms with E-state index < -0.39 is 0 Å². The van der Waals surface area contributed by atoms with Crippen LogP contribution in [-0.4, -0.2) is 33.0 Å². The van der Waals surface area contributed by atoms with Crippen LogP contribution in [0.15, 0.2) is 18.2 Å². The van der Waals surface area contributed by atoms with Gasteiger partial charge in [0.2, 0.25) is 0 Å². The third kappa shape index (κ3) is 2.88. The lowest BCUT2D eigenvalue weighted by molar-refractivity contribution is 0.486. The van der Waals surface area contributed by atoms with Gasteiger partial charge in [-0.15, -0.1) is 0 Å². The van der Waals surface area contributed by atoms with E-state index in [4.69, 9.17) is 9.97 Å². The lowest BCUT2D eigenvalue weighted by Gasteiger charge is -2.33. The number of H-pyrrole nitrogens is 1. The number of aryl methyl sites for hydroxylation is 3. The van der Waals surface area contributed by atoms with E-state index in [2.05, 4.69) is 53.8 Å². The minimum atomic E-state index is 0.493. The Morgan fingerprint density at radius 3 is 2.48 bits per heavy atom. The molecular formula is C20H25N5. The molecule has 1 saturated heterocycles. The van der Waals surface area contributed by atoms with Gasteiger partial charge in [0.15, 0.2) is 0 Å². The fourth-order valence-corrected chi connectivity index (χ4v) is 3.81. The van der Waals surface area contributed by atoms with Gasteiger partial charge in [-0.2, -0.15) is 0 Å². The number of para-hydroxylation sites is 1. The van der Waals surface area contributed by atoms with Crippen LogP contribution < -0.4 is 4.90 Å². The molecule has 3 heterocycles. The van der Waals surface area contributed by atoms with Crippen molar-refractivity contribution in [3.8, 4) is 0 Å². The standard InChI is InChI=1S/C20H25N5/c1-12-6-5-7-17-18(12)24-19(23-17)16-8-10-25(11-9-16)20-13(2)14(3)21-15(4)22-20/h5-7,16H,8-11H2,1-4H3,(H,23,24). The van der Waals surface area contributed by atoms with E-state index >= 15 is 0 Å². The molecule has 0 atom stereocenters. The van der Waals surface area contributed by atoms with Gasteiger partial charge in [-0.3, -0.25) is 0 Å². The first-order valence-corrected chi connectivity index (χ1v) is 9.05. The van der Waals surface area contributed by atoms with Gasteiger partial charge in [0, 0.05) is 30.3 Å². The second-order valence-corrected chi connectivity index (χ2v) is 7.16. The van der Waals surface area contributed by atoms with Crippen LogP contribution in [0.3, 0.4) is 0 Å². The summed E-state index contributed by atoms with van der Waals surface area (Å²) in [5, 5.41) is 0. The molecule has 25 heavy (non-hydrogen) atoms. The molecule has 0 saturated carbocycles. The molecule has 0 aliphatic carbocycles. The number of imidazole rings is 1. The fourth-order valence-electron chi connectivity index (χ4n) is 3.81. The molecule has 1 aliphatic heterocycles. The number of benzene rings is 1. The Morgan fingerprint density at radius 2 is 1.76 bits per heavy atom. The highest BCUT2D eigenvalue weighted by molar-refractivity contribution is 5.78. The Labute approximate surface area is 148 Å². The van der Waals surface area contributed by atoms with E-state index in [1.54, 1.807) is 0 Å². The highest BCUT2D eigenvalue weighted by Crippen LogP contribution is 2.31. The lowest BCUT2D eigenvalue weighted by Crippen LogP contribution is -2.34. The van der Waals surface area contributed by atoms with Crippen molar-refractivity contribution in [1.82, 2.24) is 19.9 Å². The highest BCUT2D eigenvalue weighted by Gasteiger charge is 2.25. The summed E-state index contributed by atoms with van der Waals surface area (Å²) in [7, 11) is 0. The number of aromatic nitrogens is 4. The summed E-state index contributed by atoms with van der Waals surface area (Å²) in [5.74, 6) is 3.58. The van der Waals surface area contributed by atoms with E-state index in [1.165, 1.54) is 11.1 Å². The van der Waals surface area contributed by atoms with Crippen LogP contribution in [-0.2, 0) is 0 Å². The maximum atomic E-state index is 4.88. The molecule has 1 fully saturated rings. The van der Waals surface area contributed by atoms with Crippen molar-refractivity contribution in [2.24, 2.45) is 0 Å². The van der Waals surface area contributed by atoms with Crippen LogP contribution >= 0.6 is 0 Å². The molecule has 1 N–H and O–H groups in total. The first-order valence-electron chi connectivity index (χ1n) is 9.05. The number of hydrogen-bond acceptors (Lipinski definition) is 4. The molecular weight excluding hydrogens is 310 g/mol. The summed E-state index contributed by atoms with van der Waals surface area (Å²) < 4.78 is 0. The molecule has 5 nitrogen and oxygen atoms in total. The minimum absolute atomic E-state index is 0.493. The van der Waals surface area contributed by atoms with Gasteiger partial charge in [0.1, 0.15) is 17.5 Å². The first kappa shape index (κ1) is 16.1. The summed E-state index contributed by atoms with van der Waals surface area (Å²) in [5.41, 5.74) is 5.77. The molecule has 1 aromatic carbocycles. The first-order chi connectivity index (χ1) is 12.0. The molecule has 4 rings (SSSR count). The number of aromatic amines is 1. The van der Waals surface area contributed by atoms with Crippen molar-refractivity contribution in [2.45, 2.75) is 46.5 Å². The van der Waals surface area contributed by atoms with Gasteiger partial charge in [-0.1, -0.05) is 12.1 Å². The van der Waals surface area contributed by atoms with Gasteiger partial charge in [0.25, 0.3) is 0 Å². The van der Waals surface area contributed by atoms with Crippen molar-refractivity contribution in [1.29, 1.82) is 0 Å². The van der Waals surface area contributed by atoms with Crippen LogP contribution in [0, 0.1) is 27.7 Å². The Balaban J connectivity index is 1.54. The summed E-state index contributed by atoms with van der Waals surface area (Å²) in [6.45, 7) is 10.3. The molecule has 1 aliphatic rings. The summed E-state index contributed by atoms with van der Waals surface area (Å²) in [4.78, 5) is 20.0. The van der Waals surface area contributed by atoms with Crippen LogP contribution in [0.25, 0.3) is 11.0 Å². The average molecular weight is 335 g/mol. The van der Waals surface area contributed by atoms with Crippen LogP contribution in [0.5, 0.6) is 0 Å². The number of hydrogen-bond donors (Lipinski definition) is 1. The van der Waals surface area contributed by atoms with Gasteiger partial charge >= 0.3 is 0 Å². The van der Waals surface area contributed by atoms with Crippen LogP contribution in [0.2, 0.25) is 0 Å². The normalized spacial score (nSPS) is 15.9. The van der Waals surface area contributed by atoms with Gasteiger partial charge in [0.05, 0.1) is 11.0 Å². The van der Waals surface area contributed by atoms with E-state index in [1.807, 2.05) is 6.92 Å². The monoisotopic (exact) mass is 335 g/mol. The Morgan fingerprint density at radius 1 is 1.00 bits per heavy atom. The van der Waals surface area contributed by atoms with E-state index in [0.29, 0.717) is 5.92 Å². The summed E-state index contributed by atoms with van der Waals surface area (Å²) in [6.07, 6.45) is 2.20. The van der Waals surface area contributed by atoms with Crippen molar-refractivity contribution < 1.29 is 0 Å². The van der Waals surface area contributed by atoms with E-state index in [0.717, 1.165) is 60.1 Å². The van der Waals surface area contributed by atoms with Gasteiger partial charge in [-0.25, -0.2) is 15.0 Å². The number of rotatable bonds is 2. The second-order valence-electron chi connectivity index (χ2n) is 7.16. The Kier molecular flexibility index (Phi) is 3.94. The zero-order valence-electron chi connectivity index (χ0n) is 15.4.